The Morgan fingerprint density at radius 2 is 2.33 bits per heavy atom. The maximum Gasteiger partial charge on any atom is 0.167 e. The molecule has 0 bridgehead atoms. The number of methoxy groups -OCH3 is 1. The van der Waals surface area contributed by atoms with Gasteiger partial charge >= 0.3 is 0 Å². The highest BCUT2D eigenvalue weighted by molar-refractivity contribution is 5.90. The smallest absolute Gasteiger partial charge is 0.167 e. The van der Waals surface area contributed by atoms with E-state index in [1.54, 1.807) is 7.11 Å². The number of hydrogen-bond acceptors (Lipinski definition) is 3. The minimum atomic E-state index is -0.698. The number of hydrogen-bond donors (Lipinski definition) is 0. The summed E-state index contributed by atoms with van der Waals surface area (Å²) in [6.07, 6.45) is 1.31. The molecular weight excluding hydrogens is 156 g/mol. The van der Waals surface area contributed by atoms with Crippen LogP contribution in [0.5, 0.6) is 0 Å². The van der Waals surface area contributed by atoms with E-state index in [4.69, 9.17) is 9.47 Å². The van der Waals surface area contributed by atoms with Crippen LogP contribution in [0.4, 0.5) is 0 Å². The van der Waals surface area contributed by atoms with Crippen LogP contribution in [0.15, 0.2) is 0 Å². The molecule has 0 radical (unpaired) electrons. The minimum Gasteiger partial charge on any atom is -0.375 e. The number of ether oxygens (including phenoxy) is 2. The lowest BCUT2D eigenvalue weighted by molar-refractivity contribution is -0.148. The average Bonchev–Trinajstić information content (AvgIpc) is 2.34. The predicted molar refractivity (Wildman–Crippen MR) is 45.1 cm³/mol. The normalized spacial score (nSPS) is 35.9. The third-order valence-electron chi connectivity index (χ3n) is 2.59. The molecule has 1 fully saturated rings. The molecule has 0 aliphatic heterocycles. The minimum absolute atomic E-state index is 0.0556. The Morgan fingerprint density at radius 1 is 1.67 bits per heavy atom. The summed E-state index contributed by atoms with van der Waals surface area (Å²) in [5.41, 5.74) is -0.698. The van der Waals surface area contributed by atoms with Gasteiger partial charge in [0.05, 0.1) is 6.10 Å². The topological polar surface area (TPSA) is 35.5 Å². The fraction of sp³-hybridized carbons (Fsp3) is 0.889. The quantitative estimate of drug-likeness (QED) is 0.640. The third kappa shape index (κ3) is 1.39. The third-order valence-corrected chi connectivity index (χ3v) is 2.59. The molecule has 0 aromatic heterocycles. The van der Waals surface area contributed by atoms with Gasteiger partial charge in [0.2, 0.25) is 0 Å². The van der Waals surface area contributed by atoms with Crippen LogP contribution < -0.4 is 0 Å². The van der Waals surface area contributed by atoms with Crippen LogP contribution in [-0.2, 0) is 14.3 Å². The number of carbonyl (C=O) groups is 1. The molecule has 12 heavy (non-hydrogen) atoms. The lowest BCUT2D eigenvalue weighted by Gasteiger charge is -2.27. The average molecular weight is 172 g/mol. The van der Waals surface area contributed by atoms with Crippen LogP contribution >= 0.6 is 0 Å². The summed E-state index contributed by atoms with van der Waals surface area (Å²) in [6, 6.07) is 0. The zero-order chi connectivity index (χ0) is 9.19. The fourth-order valence-corrected chi connectivity index (χ4v) is 1.65. The van der Waals surface area contributed by atoms with Gasteiger partial charge in [-0.15, -0.1) is 0 Å². The first-order chi connectivity index (χ1) is 5.65. The van der Waals surface area contributed by atoms with Crippen molar-refractivity contribution < 1.29 is 14.3 Å². The Morgan fingerprint density at radius 3 is 2.83 bits per heavy atom. The predicted octanol–water partition coefficient (Wildman–Crippen LogP) is 1.16. The van der Waals surface area contributed by atoms with Gasteiger partial charge in [-0.05, 0) is 20.3 Å². The molecule has 1 aliphatic rings. The molecule has 0 amide bonds. The van der Waals surface area contributed by atoms with E-state index in [1.165, 1.54) is 0 Å². The maximum absolute atomic E-state index is 11.4. The largest absolute Gasteiger partial charge is 0.375 e. The van der Waals surface area contributed by atoms with Gasteiger partial charge in [-0.3, -0.25) is 4.79 Å². The highest BCUT2D eigenvalue weighted by Crippen LogP contribution is 2.31. The molecule has 0 saturated heterocycles. The number of rotatable bonds is 3. The zero-order valence-corrected chi connectivity index (χ0v) is 7.92. The zero-order valence-electron chi connectivity index (χ0n) is 7.92. The summed E-state index contributed by atoms with van der Waals surface area (Å²) in [5, 5.41) is 0. The molecule has 2 atom stereocenters. The number of carbonyl (C=O) groups excluding carboxylic acids is 1. The molecule has 70 valence electrons. The summed E-state index contributed by atoms with van der Waals surface area (Å²) < 4.78 is 10.6. The van der Waals surface area contributed by atoms with Gasteiger partial charge in [-0.25, -0.2) is 0 Å². The Balaban J connectivity index is 2.70. The Bertz CT molecular complexity index is 179. The molecule has 0 aromatic rings. The summed E-state index contributed by atoms with van der Waals surface area (Å²) in [5.74, 6) is 0.156. The number of Topliss-reactive ketones (excluding diaryl/α,β-unsaturated/α-hetero) is 1. The molecule has 3 nitrogen and oxygen atoms in total. The van der Waals surface area contributed by atoms with Crippen molar-refractivity contribution in [2.24, 2.45) is 0 Å². The fourth-order valence-electron chi connectivity index (χ4n) is 1.65. The molecule has 0 unspecified atom stereocenters. The van der Waals surface area contributed by atoms with Crippen molar-refractivity contribution in [1.82, 2.24) is 0 Å². The van der Waals surface area contributed by atoms with Crippen LogP contribution in [0.1, 0.15) is 26.7 Å². The molecule has 3 heteroatoms. The van der Waals surface area contributed by atoms with Crippen molar-refractivity contribution in [2.75, 3.05) is 13.7 Å². The maximum atomic E-state index is 11.4. The van der Waals surface area contributed by atoms with Gasteiger partial charge in [0, 0.05) is 20.1 Å². The summed E-state index contributed by atoms with van der Waals surface area (Å²) in [4.78, 5) is 11.4. The molecule has 0 spiro atoms. The van der Waals surface area contributed by atoms with Crippen molar-refractivity contribution in [1.29, 1.82) is 0 Å². The van der Waals surface area contributed by atoms with Crippen LogP contribution in [0.2, 0.25) is 0 Å². The second-order valence-electron chi connectivity index (χ2n) is 3.22. The first-order valence-electron chi connectivity index (χ1n) is 4.35. The summed E-state index contributed by atoms with van der Waals surface area (Å²) in [6.45, 7) is 4.37. The molecule has 1 rings (SSSR count). The van der Waals surface area contributed by atoms with E-state index >= 15 is 0 Å². The van der Waals surface area contributed by atoms with Gasteiger partial charge in [0.1, 0.15) is 5.60 Å². The molecule has 1 aliphatic carbocycles. The van der Waals surface area contributed by atoms with E-state index in [9.17, 15) is 4.79 Å². The van der Waals surface area contributed by atoms with Crippen molar-refractivity contribution in [2.45, 2.75) is 38.4 Å². The Kier molecular flexibility index (Phi) is 2.85. The SMILES string of the molecule is CCO[C@H]1CCC(=O)[C@]1(C)OC. The lowest BCUT2D eigenvalue weighted by atomic mass is 10.0. The number of ketones is 1. The van der Waals surface area contributed by atoms with Gasteiger partial charge in [-0.2, -0.15) is 0 Å². The summed E-state index contributed by atoms with van der Waals surface area (Å²) in [7, 11) is 1.56. The van der Waals surface area contributed by atoms with Crippen LogP contribution in [0, 0.1) is 0 Å². The van der Waals surface area contributed by atoms with Crippen molar-refractivity contribution in [3.63, 3.8) is 0 Å². The lowest BCUT2D eigenvalue weighted by Crippen LogP contribution is -2.43. The van der Waals surface area contributed by atoms with Crippen molar-refractivity contribution >= 4 is 5.78 Å². The van der Waals surface area contributed by atoms with Gasteiger partial charge in [0.25, 0.3) is 0 Å². The van der Waals surface area contributed by atoms with Crippen LogP contribution in [0.25, 0.3) is 0 Å². The monoisotopic (exact) mass is 172 g/mol. The second-order valence-corrected chi connectivity index (χ2v) is 3.22. The van der Waals surface area contributed by atoms with E-state index in [-0.39, 0.29) is 11.9 Å². The Hall–Kier alpha value is -0.410. The Labute approximate surface area is 73.0 Å². The van der Waals surface area contributed by atoms with E-state index in [1.807, 2.05) is 13.8 Å². The molecular formula is C9H16O3. The molecule has 0 heterocycles. The highest BCUT2D eigenvalue weighted by atomic mass is 16.5. The highest BCUT2D eigenvalue weighted by Gasteiger charge is 2.47. The van der Waals surface area contributed by atoms with Gasteiger partial charge < -0.3 is 9.47 Å². The molecule has 1 saturated carbocycles. The van der Waals surface area contributed by atoms with E-state index in [0.717, 1.165) is 6.42 Å². The first-order valence-corrected chi connectivity index (χ1v) is 4.35. The van der Waals surface area contributed by atoms with Crippen molar-refractivity contribution in [3.8, 4) is 0 Å². The van der Waals surface area contributed by atoms with Gasteiger partial charge in [-0.1, -0.05) is 0 Å². The van der Waals surface area contributed by atoms with Gasteiger partial charge in [0.15, 0.2) is 5.78 Å². The van der Waals surface area contributed by atoms with Crippen LogP contribution in [-0.4, -0.2) is 31.2 Å². The van der Waals surface area contributed by atoms with Crippen molar-refractivity contribution in [3.05, 3.63) is 0 Å². The first kappa shape index (κ1) is 9.68. The summed E-state index contributed by atoms with van der Waals surface area (Å²) >= 11 is 0. The second kappa shape index (κ2) is 3.54. The van der Waals surface area contributed by atoms with Crippen LogP contribution in [0.3, 0.4) is 0 Å². The van der Waals surface area contributed by atoms with E-state index in [0.29, 0.717) is 13.0 Å². The standard InChI is InChI=1S/C9H16O3/c1-4-12-8-6-5-7(10)9(8,2)11-3/h8H,4-6H2,1-3H3/t8-,9-/m0/s1. The molecule has 0 aromatic carbocycles. The molecule has 0 N–H and O–H groups in total. The van der Waals surface area contributed by atoms with E-state index in [2.05, 4.69) is 0 Å². The van der Waals surface area contributed by atoms with E-state index < -0.39 is 5.60 Å².